The minimum absolute atomic E-state index is 0.102. The molecule has 0 spiro atoms. The number of aliphatic hydroxyl groups excluding tert-OH is 1. The summed E-state index contributed by atoms with van der Waals surface area (Å²) in [4.78, 5) is 16.4. The van der Waals surface area contributed by atoms with Gasteiger partial charge in [0, 0.05) is 25.4 Å². The van der Waals surface area contributed by atoms with Gasteiger partial charge >= 0.3 is 0 Å². The van der Waals surface area contributed by atoms with E-state index in [-0.39, 0.29) is 18.9 Å². The lowest BCUT2D eigenvalue weighted by atomic mass is 9.82. The van der Waals surface area contributed by atoms with E-state index in [2.05, 4.69) is 10.3 Å². The molecule has 0 saturated carbocycles. The van der Waals surface area contributed by atoms with Crippen LogP contribution in [0.1, 0.15) is 40.9 Å². The maximum atomic E-state index is 12.4. The molecule has 3 rings (SSSR count). The number of nitrogens with one attached hydrogen (secondary N) is 1. The lowest BCUT2D eigenvalue weighted by Gasteiger charge is -2.44. The first-order valence-corrected chi connectivity index (χ1v) is 9.22. The average Bonchev–Trinajstić information content (AvgIpc) is 2.70. The Balaban J connectivity index is 1.75. The average molecular weight is 386 g/mol. The molecule has 2 aromatic rings. The van der Waals surface area contributed by atoms with Crippen LogP contribution in [0.5, 0.6) is 5.75 Å². The van der Waals surface area contributed by atoms with Gasteiger partial charge in [0.25, 0.3) is 5.91 Å². The number of methoxy groups -OCH3 is 1. The number of aromatic nitrogens is 1. The van der Waals surface area contributed by atoms with Gasteiger partial charge in [-0.05, 0) is 43.2 Å². The second-order valence-corrected chi connectivity index (χ2v) is 7.29. The predicted octanol–water partition coefficient (Wildman–Crippen LogP) is 1.77. The Kier molecular flexibility index (Phi) is 5.98. The van der Waals surface area contributed by atoms with Gasteiger partial charge in [-0.3, -0.25) is 9.78 Å². The van der Waals surface area contributed by atoms with Crippen molar-refractivity contribution in [3.05, 3.63) is 59.4 Å². The zero-order valence-electron chi connectivity index (χ0n) is 16.3. The first-order chi connectivity index (χ1) is 13.3. The number of carbonyl (C=O) groups is 1. The van der Waals surface area contributed by atoms with Crippen LogP contribution in [-0.4, -0.2) is 52.6 Å². The van der Waals surface area contributed by atoms with Gasteiger partial charge in [-0.25, -0.2) is 0 Å². The van der Waals surface area contributed by atoms with Crippen LogP contribution in [0.25, 0.3) is 0 Å². The highest BCUT2D eigenvalue weighted by atomic mass is 16.5. The molecule has 1 fully saturated rings. The third-order valence-electron chi connectivity index (χ3n) is 5.07. The van der Waals surface area contributed by atoms with Crippen LogP contribution >= 0.6 is 0 Å². The Morgan fingerprint density at radius 1 is 1.39 bits per heavy atom. The van der Waals surface area contributed by atoms with Gasteiger partial charge in [0.2, 0.25) is 0 Å². The van der Waals surface area contributed by atoms with E-state index in [0.717, 1.165) is 11.1 Å². The molecule has 7 heteroatoms. The Bertz CT molecular complexity index is 843. The molecule has 2 heterocycles. The van der Waals surface area contributed by atoms with Crippen molar-refractivity contribution in [2.45, 2.75) is 44.2 Å². The molecule has 28 heavy (non-hydrogen) atoms. The number of benzene rings is 1. The molecule has 0 aliphatic carbocycles. The van der Waals surface area contributed by atoms with Gasteiger partial charge in [-0.1, -0.05) is 12.1 Å². The molecule has 1 aromatic carbocycles. The SMILES string of the molecule is COc1cccc([C@H]2C[C@@](O)(CNC(=O)c3cncc(C)c3)[C@H](O)[C@@H](C)O2)c1. The fraction of sp³-hybridized carbons (Fsp3) is 0.429. The zero-order chi connectivity index (χ0) is 20.3. The van der Waals surface area contributed by atoms with E-state index in [1.54, 1.807) is 26.3 Å². The van der Waals surface area contributed by atoms with Crippen molar-refractivity contribution < 1.29 is 24.5 Å². The number of aliphatic hydroxyl groups is 2. The van der Waals surface area contributed by atoms with Crippen molar-refractivity contribution in [3.8, 4) is 5.75 Å². The minimum atomic E-state index is -1.53. The Labute approximate surface area is 164 Å². The summed E-state index contributed by atoms with van der Waals surface area (Å²) in [5.74, 6) is 0.331. The third-order valence-corrected chi connectivity index (χ3v) is 5.07. The summed E-state index contributed by atoms with van der Waals surface area (Å²) in [5, 5.41) is 24.4. The fourth-order valence-corrected chi connectivity index (χ4v) is 3.49. The van der Waals surface area contributed by atoms with Crippen molar-refractivity contribution in [2.24, 2.45) is 0 Å². The summed E-state index contributed by atoms with van der Waals surface area (Å²) < 4.78 is 11.2. The summed E-state index contributed by atoms with van der Waals surface area (Å²) in [7, 11) is 1.58. The van der Waals surface area contributed by atoms with E-state index in [9.17, 15) is 15.0 Å². The molecule has 0 radical (unpaired) electrons. The monoisotopic (exact) mass is 386 g/mol. The topological polar surface area (TPSA) is 101 Å². The lowest BCUT2D eigenvalue weighted by molar-refractivity contribution is -0.210. The standard InChI is InChI=1S/C21H26N2O5/c1-13-7-16(11-22-10-13)20(25)23-12-21(26)9-18(28-14(2)19(21)24)15-5-4-6-17(8-15)27-3/h4-8,10-11,14,18-19,24,26H,9,12H2,1-3H3,(H,23,25)/t14-,18-,19-,21-/m1/s1. The third kappa shape index (κ3) is 4.32. The number of ether oxygens (including phenoxy) is 2. The Morgan fingerprint density at radius 3 is 2.89 bits per heavy atom. The van der Waals surface area contributed by atoms with E-state index in [1.807, 2.05) is 31.2 Å². The summed E-state index contributed by atoms with van der Waals surface area (Å²) in [6, 6.07) is 9.11. The molecule has 150 valence electrons. The number of hydrogen-bond acceptors (Lipinski definition) is 6. The molecule has 3 N–H and O–H groups in total. The smallest absolute Gasteiger partial charge is 0.252 e. The number of aryl methyl sites for hydroxylation is 1. The van der Waals surface area contributed by atoms with Crippen LogP contribution in [0.2, 0.25) is 0 Å². The first-order valence-electron chi connectivity index (χ1n) is 9.22. The fourth-order valence-electron chi connectivity index (χ4n) is 3.49. The highest BCUT2D eigenvalue weighted by Gasteiger charge is 2.47. The number of amides is 1. The Hall–Kier alpha value is -2.48. The van der Waals surface area contributed by atoms with Crippen LogP contribution in [-0.2, 0) is 4.74 Å². The van der Waals surface area contributed by atoms with Crippen LogP contribution < -0.4 is 10.1 Å². The van der Waals surface area contributed by atoms with E-state index < -0.39 is 23.9 Å². The molecule has 1 aromatic heterocycles. The van der Waals surface area contributed by atoms with E-state index in [4.69, 9.17) is 9.47 Å². The zero-order valence-corrected chi connectivity index (χ0v) is 16.3. The summed E-state index contributed by atoms with van der Waals surface area (Å²) in [6.45, 7) is 3.45. The molecule has 1 amide bonds. The highest BCUT2D eigenvalue weighted by Crippen LogP contribution is 2.38. The molecule has 1 saturated heterocycles. The van der Waals surface area contributed by atoms with Crippen molar-refractivity contribution in [2.75, 3.05) is 13.7 Å². The minimum Gasteiger partial charge on any atom is -0.497 e. The predicted molar refractivity (Wildman–Crippen MR) is 103 cm³/mol. The van der Waals surface area contributed by atoms with Gasteiger partial charge in [-0.2, -0.15) is 0 Å². The van der Waals surface area contributed by atoms with Gasteiger partial charge in [0.15, 0.2) is 0 Å². The summed E-state index contributed by atoms with van der Waals surface area (Å²) in [6.07, 6.45) is 1.09. The van der Waals surface area contributed by atoms with E-state index in [1.165, 1.54) is 6.20 Å². The quantitative estimate of drug-likeness (QED) is 0.724. The maximum absolute atomic E-state index is 12.4. The summed E-state index contributed by atoms with van der Waals surface area (Å²) >= 11 is 0. The lowest BCUT2D eigenvalue weighted by Crippen LogP contribution is -2.59. The van der Waals surface area contributed by atoms with Crippen LogP contribution in [0.3, 0.4) is 0 Å². The molecular formula is C21H26N2O5. The van der Waals surface area contributed by atoms with Gasteiger partial charge in [-0.15, -0.1) is 0 Å². The molecule has 4 atom stereocenters. The molecule has 1 aliphatic rings. The number of pyridine rings is 1. The van der Waals surface area contributed by atoms with Crippen molar-refractivity contribution in [1.29, 1.82) is 0 Å². The number of rotatable bonds is 5. The largest absolute Gasteiger partial charge is 0.497 e. The molecule has 0 bridgehead atoms. The van der Waals surface area contributed by atoms with Crippen molar-refractivity contribution >= 4 is 5.91 Å². The number of nitrogens with zero attached hydrogens (tertiary/aromatic N) is 1. The van der Waals surface area contributed by atoms with Gasteiger partial charge in [0.05, 0.1) is 24.9 Å². The number of carbonyl (C=O) groups excluding carboxylic acids is 1. The molecule has 1 aliphatic heterocycles. The Morgan fingerprint density at radius 2 is 2.18 bits per heavy atom. The van der Waals surface area contributed by atoms with Crippen LogP contribution in [0.15, 0.2) is 42.7 Å². The molecular weight excluding hydrogens is 360 g/mol. The normalized spacial score (nSPS) is 27.2. The van der Waals surface area contributed by atoms with Gasteiger partial charge < -0.3 is 25.0 Å². The van der Waals surface area contributed by atoms with E-state index >= 15 is 0 Å². The van der Waals surface area contributed by atoms with Crippen molar-refractivity contribution in [3.63, 3.8) is 0 Å². The van der Waals surface area contributed by atoms with E-state index in [0.29, 0.717) is 11.3 Å². The number of hydrogen-bond donors (Lipinski definition) is 3. The van der Waals surface area contributed by atoms with Crippen molar-refractivity contribution in [1.82, 2.24) is 10.3 Å². The highest BCUT2D eigenvalue weighted by molar-refractivity contribution is 5.94. The van der Waals surface area contributed by atoms with Crippen LogP contribution in [0, 0.1) is 6.92 Å². The maximum Gasteiger partial charge on any atom is 0.252 e. The van der Waals surface area contributed by atoms with Crippen LogP contribution in [0.4, 0.5) is 0 Å². The second kappa shape index (κ2) is 8.26. The second-order valence-electron chi connectivity index (χ2n) is 7.29. The molecule has 7 nitrogen and oxygen atoms in total. The molecule has 0 unspecified atom stereocenters. The first kappa shape index (κ1) is 20.3. The summed E-state index contributed by atoms with van der Waals surface area (Å²) in [5.41, 5.74) is 0.579. The van der Waals surface area contributed by atoms with Gasteiger partial charge in [0.1, 0.15) is 17.5 Å².